The quantitative estimate of drug-likeness (QED) is 0.121. The molecule has 0 unspecified atom stereocenters. The minimum absolute atomic E-state index is 0.214. The molecule has 0 heterocycles. The molecule has 5 atom stereocenters. The Morgan fingerprint density at radius 3 is 1.17 bits per heavy atom. The van der Waals surface area contributed by atoms with Crippen molar-refractivity contribution in [1.82, 2.24) is 0 Å². The molecule has 2 heteroatoms. The molecule has 0 saturated heterocycles. The van der Waals surface area contributed by atoms with Crippen LogP contribution in [0.25, 0.3) is 0 Å². The summed E-state index contributed by atoms with van der Waals surface area (Å²) in [6.07, 6.45) is 29.1. The first-order valence-corrected chi connectivity index (χ1v) is 16.0. The zero-order chi connectivity index (χ0) is 26.3. The smallest absolute Gasteiger partial charge is 0.306 e. The summed E-state index contributed by atoms with van der Waals surface area (Å²) in [6.45, 7) is 13.6. The molecule has 2 nitrogen and oxygen atoms in total. The molecule has 0 aliphatic heterocycles. The molecule has 0 aromatic heterocycles. The van der Waals surface area contributed by atoms with Gasteiger partial charge in [-0.15, -0.1) is 0 Å². The van der Waals surface area contributed by atoms with Crippen molar-refractivity contribution in [2.24, 2.45) is 29.6 Å². The Kier molecular flexibility index (Phi) is 23.5. The lowest BCUT2D eigenvalue weighted by atomic mass is 9.82. The van der Waals surface area contributed by atoms with Crippen LogP contribution in [0.2, 0.25) is 0 Å². The third kappa shape index (κ3) is 23.6. The van der Waals surface area contributed by atoms with E-state index in [4.69, 9.17) is 5.11 Å². The van der Waals surface area contributed by atoms with Crippen molar-refractivity contribution in [3.8, 4) is 0 Å². The predicted octanol–water partition coefficient (Wildman–Crippen LogP) is 11.5. The van der Waals surface area contributed by atoms with Crippen LogP contribution in [0, 0.1) is 29.6 Å². The third-order valence-electron chi connectivity index (χ3n) is 8.14. The van der Waals surface area contributed by atoms with E-state index in [0.29, 0.717) is 11.8 Å². The summed E-state index contributed by atoms with van der Waals surface area (Å²) in [5.74, 6) is 1.96. The van der Waals surface area contributed by atoms with Gasteiger partial charge in [-0.2, -0.15) is 0 Å². The summed E-state index contributed by atoms with van der Waals surface area (Å²) >= 11 is 0. The molecule has 1 N–H and O–H groups in total. The topological polar surface area (TPSA) is 37.3 Å². The predicted molar refractivity (Wildman–Crippen MR) is 156 cm³/mol. The van der Waals surface area contributed by atoms with E-state index in [9.17, 15) is 4.79 Å². The second-order valence-corrected chi connectivity index (χ2v) is 12.7. The molecule has 0 aromatic rings. The summed E-state index contributed by atoms with van der Waals surface area (Å²) in [7, 11) is 0. The fraction of sp³-hybridized carbons (Fsp3) is 0.970. The molecule has 0 aromatic carbocycles. The number of carboxylic acids is 1. The van der Waals surface area contributed by atoms with E-state index in [1.165, 1.54) is 122 Å². The van der Waals surface area contributed by atoms with E-state index >= 15 is 0 Å². The molecule has 35 heavy (non-hydrogen) atoms. The highest BCUT2D eigenvalue weighted by atomic mass is 16.4. The number of aliphatic carboxylic acids is 1. The van der Waals surface area contributed by atoms with Gasteiger partial charge in [0.2, 0.25) is 0 Å². The number of unbranched alkanes of at least 4 members (excludes halogenated alkanes) is 15. The van der Waals surface area contributed by atoms with Crippen molar-refractivity contribution in [2.45, 2.75) is 176 Å². The normalized spacial score (nSPS) is 16.1. The van der Waals surface area contributed by atoms with Gasteiger partial charge < -0.3 is 5.11 Å². The minimum Gasteiger partial charge on any atom is -0.481 e. The second-order valence-electron chi connectivity index (χ2n) is 12.7. The standard InChI is InChI=1S/C33H66O2/c1-7-8-9-10-11-12-13-14-15-16-17-18-19-20-21-22-23-28(2)24-29(3)25-30(4)26-31(5)27-32(6)33(34)35/h28-32H,7-27H2,1-6H3,(H,34,35)/t28-,29-,30-,31-,32-/m0/s1. The molecule has 0 radical (unpaired) electrons. The van der Waals surface area contributed by atoms with E-state index in [0.717, 1.165) is 24.7 Å². The molecule has 0 amide bonds. The molecular formula is C33H66O2. The summed E-state index contributed by atoms with van der Waals surface area (Å²) in [4.78, 5) is 11.1. The van der Waals surface area contributed by atoms with Gasteiger partial charge in [-0.1, -0.05) is 151 Å². The zero-order valence-electron chi connectivity index (χ0n) is 25.1. The van der Waals surface area contributed by atoms with E-state index in [1.807, 2.05) is 6.92 Å². The highest BCUT2D eigenvalue weighted by Crippen LogP contribution is 2.28. The SMILES string of the molecule is CCCCCCCCCCCCCCCCCC[C@H](C)C[C@H](C)C[C@H](C)C[C@H](C)C[C@H](C)C(=O)O. The first kappa shape index (κ1) is 34.5. The average Bonchev–Trinajstić information content (AvgIpc) is 2.78. The van der Waals surface area contributed by atoms with Crippen molar-refractivity contribution in [3.05, 3.63) is 0 Å². The largest absolute Gasteiger partial charge is 0.481 e. The van der Waals surface area contributed by atoms with Crippen molar-refractivity contribution < 1.29 is 9.90 Å². The van der Waals surface area contributed by atoms with Crippen LogP contribution in [0.4, 0.5) is 0 Å². The maximum atomic E-state index is 11.1. The van der Waals surface area contributed by atoms with Gasteiger partial charge in [0.15, 0.2) is 0 Å². The molecule has 0 saturated carbocycles. The van der Waals surface area contributed by atoms with Crippen LogP contribution in [0.3, 0.4) is 0 Å². The molecule has 0 rings (SSSR count). The van der Waals surface area contributed by atoms with Gasteiger partial charge in [-0.25, -0.2) is 0 Å². The zero-order valence-corrected chi connectivity index (χ0v) is 25.1. The van der Waals surface area contributed by atoms with Gasteiger partial charge in [0.05, 0.1) is 5.92 Å². The van der Waals surface area contributed by atoms with Gasteiger partial charge in [-0.05, 0) is 49.4 Å². The monoisotopic (exact) mass is 495 g/mol. The molecule has 210 valence electrons. The van der Waals surface area contributed by atoms with Crippen molar-refractivity contribution in [3.63, 3.8) is 0 Å². The van der Waals surface area contributed by atoms with Crippen LogP contribution in [0.15, 0.2) is 0 Å². The maximum Gasteiger partial charge on any atom is 0.306 e. The van der Waals surface area contributed by atoms with Crippen molar-refractivity contribution >= 4 is 5.97 Å². The molecule has 0 bridgehead atoms. The van der Waals surface area contributed by atoms with Gasteiger partial charge in [0.1, 0.15) is 0 Å². The van der Waals surface area contributed by atoms with E-state index in [-0.39, 0.29) is 5.92 Å². The lowest BCUT2D eigenvalue weighted by Gasteiger charge is -2.23. The second kappa shape index (κ2) is 23.8. The van der Waals surface area contributed by atoms with Crippen molar-refractivity contribution in [1.29, 1.82) is 0 Å². The van der Waals surface area contributed by atoms with Gasteiger partial charge in [-0.3, -0.25) is 4.79 Å². The Labute approximate surface area is 221 Å². The van der Waals surface area contributed by atoms with Crippen molar-refractivity contribution in [2.75, 3.05) is 0 Å². The summed E-state index contributed by atoms with van der Waals surface area (Å²) < 4.78 is 0. The lowest BCUT2D eigenvalue weighted by molar-refractivity contribution is -0.141. The number of carboxylic acid groups (broad SMARTS) is 1. The molecule has 0 aliphatic carbocycles. The first-order chi connectivity index (χ1) is 16.8. The highest BCUT2D eigenvalue weighted by molar-refractivity contribution is 5.69. The average molecular weight is 495 g/mol. The number of rotatable bonds is 26. The third-order valence-corrected chi connectivity index (χ3v) is 8.14. The maximum absolute atomic E-state index is 11.1. The van der Waals surface area contributed by atoms with Gasteiger partial charge in [0.25, 0.3) is 0 Å². The summed E-state index contributed by atoms with van der Waals surface area (Å²) in [5, 5.41) is 9.12. The van der Waals surface area contributed by atoms with Gasteiger partial charge >= 0.3 is 5.97 Å². The first-order valence-electron chi connectivity index (χ1n) is 16.0. The van der Waals surface area contributed by atoms with Crippen LogP contribution in [-0.2, 0) is 4.79 Å². The molecule has 0 aliphatic rings. The molecule has 0 spiro atoms. The molecular weight excluding hydrogens is 428 g/mol. The van der Waals surface area contributed by atoms with Crippen LogP contribution in [0.1, 0.15) is 176 Å². The fourth-order valence-electron chi connectivity index (χ4n) is 6.21. The molecule has 0 fully saturated rings. The number of hydrogen-bond donors (Lipinski definition) is 1. The Morgan fingerprint density at radius 1 is 0.486 bits per heavy atom. The Morgan fingerprint density at radius 2 is 0.800 bits per heavy atom. The van der Waals surface area contributed by atoms with Crippen LogP contribution >= 0.6 is 0 Å². The number of carbonyl (C=O) groups is 1. The van der Waals surface area contributed by atoms with E-state index in [1.54, 1.807) is 0 Å². The van der Waals surface area contributed by atoms with Crippen LogP contribution < -0.4 is 0 Å². The summed E-state index contributed by atoms with van der Waals surface area (Å²) in [6, 6.07) is 0. The van der Waals surface area contributed by atoms with Crippen LogP contribution in [-0.4, -0.2) is 11.1 Å². The van der Waals surface area contributed by atoms with Crippen LogP contribution in [0.5, 0.6) is 0 Å². The Bertz CT molecular complexity index is 460. The fourth-order valence-corrected chi connectivity index (χ4v) is 6.21. The number of hydrogen-bond acceptors (Lipinski definition) is 1. The van der Waals surface area contributed by atoms with E-state index < -0.39 is 5.97 Å². The summed E-state index contributed by atoms with van der Waals surface area (Å²) in [5.41, 5.74) is 0. The van der Waals surface area contributed by atoms with Gasteiger partial charge in [0, 0.05) is 0 Å². The Hall–Kier alpha value is -0.530. The Balaban J connectivity index is 3.53. The van der Waals surface area contributed by atoms with E-state index in [2.05, 4.69) is 34.6 Å². The minimum atomic E-state index is -0.652. The highest BCUT2D eigenvalue weighted by Gasteiger charge is 2.19. The lowest BCUT2D eigenvalue weighted by Crippen LogP contribution is -2.16.